The first-order valence-corrected chi connectivity index (χ1v) is 14.7. The summed E-state index contributed by atoms with van der Waals surface area (Å²) < 4.78 is 0. The molecule has 4 heteroatoms. The van der Waals surface area contributed by atoms with E-state index < -0.39 is 0 Å². The summed E-state index contributed by atoms with van der Waals surface area (Å²) in [6.45, 7) is 0. The standard InChI is InChI=1S/C34H32Cl2O2/c35-27-17-13-23(14-18-27)21-5-9-25(10-6-21)31-32(34(38)30-4-2-1-3-29(30)33(31)37)26-11-7-22(8-12-26)24-15-19-28(36)20-16-24/h1-4,13-22,25-26H,5-12H2. The van der Waals surface area contributed by atoms with Crippen molar-refractivity contribution in [2.24, 2.45) is 11.8 Å². The summed E-state index contributed by atoms with van der Waals surface area (Å²) in [6, 6.07) is 23.8. The topological polar surface area (TPSA) is 34.1 Å². The van der Waals surface area contributed by atoms with Crippen LogP contribution in [0.2, 0.25) is 10.0 Å². The molecule has 2 nitrogen and oxygen atoms in total. The second kappa shape index (κ2) is 10.8. The molecule has 0 N–H and O–H groups in total. The lowest BCUT2D eigenvalue weighted by molar-refractivity contribution is 0.0945. The smallest absolute Gasteiger partial charge is 0.190 e. The number of Topliss-reactive ketones (excluding diaryl/α,β-unsaturated/α-hetero) is 2. The Balaban J connectivity index is 1.27. The average molecular weight is 544 g/mol. The molecule has 3 aromatic carbocycles. The first-order chi connectivity index (χ1) is 18.5. The molecule has 0 unspecified atom stereocenters. The van der Waals surface area contributed by atoms with Gasteiger partial charge in [-0.15, -0.1) is 0 Å². The van der Waals surface area contributed by atoms with Gasteiger partial charge >= 0.3 is 0 Å². The average Bonchev–Trinajstić information content (AvgIpc) is 2.96. The van der Waals surface area contributed by atoms with Crippen molar-refractivity contribution in [2.45, 2.75) is 63.2 Å². The van der Waals surface area contributed by atoms with Crippen molar-refractivity contribution in [1.29, 1.82) is 0 Å². The van der Waals surface area contributed by atoms with E-state index in [-0.39, 0.29) is 23.4 Å². The van der Waals surface area contributed by atoms with E-state index >= 15 is 0 Å². The third-order valence-corrected chi connectivity index (χ3v) is 9.65. The maximum Gasteiger partial charge on any atom is 0.190 e. The number of hydrogen-bond acceptors (Lipinski definition) is 2. The van der Waals surface area contributed by atoms with Crippen molar-refractivity contribution in [2.75, 3.05) is 0 Å². The fourth-order valence-electron chi connectivity index (χ4n) is 7.13. The summed E-state index contributed by atoms with van der Waals surface area (Å²) in [5.41, 5.74) is 5.48. The van der Waals surface area contributed by atoms with Crippen LogP contribution in [-0.4, -0.2) is 11.6 Å². The molecule has 6 rings (SSSR count). The van der Waals surface area contributed by atoms with Crippen molar-refractivity contribution >= 4 is 34.8 Å². The zero-order valence-electron chi connectivity index (χ0n) is 21.5. The van der Waals surface area contributed by atoms with Gasteiger partial charge in [0.05, 0.1) is 0 Å². The molecular weight excluding hydrogens is 511 g/mol. The Kier molecular flexibility index (Phi) is 7.29. The van der Waals surface area contributed by atoms with E-state index in [9.17, 15) is 9.59 Å². The maximum absolute atomic E-state index is 14.0. The van der Waals surface area contributed by atoms with E-state index in [1.807, 2.05) is 48.5 Å². The summed E-state index contributed by atoms with van der Waals surface area (Å²) in [7, 11) is 0. The third-order valence-electron chi connectivity index (χ3n) is 9.15. The number of benzene rings is 3. The number of carbonyl (C=O) groups is 2. The van der Waals surface area contributed by atoms with Gasteiger partial charge in [0.25, 0.3) is 0 Å². The van der Waals surface area contributed by atoms with Crippen LogP contribution in [-0.2, 0) is 0 Å². The summed E-state index contributed by atoms with van der Waals surface area (Å²) in [5.74, 6) is 1.42. The van der Waals surface area contributed by atoms with E-state index in [0.29, 0.717) is 23.0 Å². The van der Waals surface area contributed by atoms with Crippen LogP contribution >= 0.6 is 23.2 Å². The lowest BCUT2D eigenvalue weighted by Gasteiger charge is -2.37. The number of fused-ring (bicyclic) bond motifs is 1. The fraction of sp³-hybridized carbons (Fsp3) is 0.353. The van der Waals surface area contributed by atoms with Crippen LogP contribution in [0, 0.1) is 11.8 Å². The van der Waals surface area contributed by atoms with Crippen LogP contribution in [0.15, 0.2) is 83.9 Å². The van der Waals surface area contributed by atoms with Gasteiger partial charge in [-0.1, -0.05) is 71.7 Å². The monoisotopic (exact) mass is 542 g/mol. The summed E-state index contributed by atoms with van der Waals surface area (Å²) >= 11 is 12.2. The Morgan fingerprint density at radius 2 is 0.763 bits per heavy atom. The van der Waals surface area contributed by atoms with Crippen molar-refractivity contribution in [3.8, 4) is 0 Å². The van der Waals surface area contributed by atoms with E-state index in [0.717, 1.165) is 72.6 Å². The molecule has 0 aromatic heterocycles. The second-order valence-electron chi connectivity index (χ2n) is 11.2. The molecule has 0 bridgehead atoms. The van der Waals surface area contributed by atoms with Crippen LogP contribution in [0.3, 0.4) is 0 Å². The minimum atomic E-state index is 0.0879. The van der Waals surface area contributed by atoms with Crippen molar-refractivity contribution < 1.29 is 9.59 Å². The number of rotatable bonds is 4. The molecule has 3 aliphatic carbocycles. The predicted octanol–water partition coefficient (Wildman–Crippen LogP) is 9.62. The predicted molar refractivity (Wildman–Crippen MR) is 154 cm³/mol. The third kappa shape index (κ3) is 4.90. The van der Waals surface area contributed by atoms with Gasteiger partial charge in [-0.2, -0.15) is 0 Å². The van der Waals surface area contributed by atoms with Crippen LogP contribution in [0.1, 0.15) is 95.0 Å². The summed E-state index contributed by atoms with van der Waals surface area (Å²) in [4.78, 5) is 28.0. The summed E-state index contributed by atoms with van der Waals surface area (Å²) in [5, 5.41) is 1.51. The summed E-state index contributed by atoms with van der Waals surface area (Å²) in [6.07, 6.45) is 7.84. The highest BCUT2D eigenvalue weighted by Gasteiger charge is 2.41. The van der Waals surface area contributed by atoms with Crippen LogP contribution in [0.4, 0.5) is 0 Å². The number of hydrogen-bond donors (Lipinski definition) is 0. The molecule has 2 fully saturated rings. The van der Waals surface area contributed by atoms with Crippen molar-refractivity contribution in [1.82, 2.24) is 0 Å². The van der Waals surface area contributed by atoms with Gasteiger partial charge in [0.1, 0.15) is 0 Å². The van der Waals surface area contributed by atoms with Crippen LogP contribution < -0.4 is 0 Å². The van der Waals surface area contributed by atoms with E-state index in [1.54, 1.807) is 0 Å². The van der Waals surface area contributed by atoms with Crippen LogP contribution in [0.5, 0.6) is 0 Å². The van der Waals surface area contributed by atoms with Gasteiger partial charge in [0, 0.05) is 32.3 Å². The van der Waals surface area contributed by atoms with Gasteiger partial charge in [0.15, 0.2) is 11.6 Å². The SMILES string of the molecule is O=C1C(C2CCC(c3ccc(Cl)cc3)CC2)=C(C2CCC(c3ccc(Cl)cc3)CC2)C(=O)c2ccccc21. The lowest BCUT2D eigenvalue weighted by Crippen LogP contribution is -2.32. The van der Waals surface area contributed by atoms with Gasteiger partial charge in [-0.05, 0) is 110 Å². The highest BCUT2D eigenvalue weighted by atomic mass is 35.5. The fourth-order valence-corrected chi connectivity index (χ4v) is 7.38. The van der Waals surface area contributed by atoms with Gasteiger partial charge < -0.3 is 0 Å². The Labute approximate surface area is 235 Å². The molecule has 0 atom stereocenters. The highest BCUT2D eigenvalue weighted by Crippen LogP contribution is 2.47. The Bertz CT molecular complexity index is 1260. The number of halogens is 2. The molecule has 38 heavy (non-hydrogen) atoms. The molecule has 0 amide bonds. The normalized spacial score (nSPS) is 25.8. The number of carbonyl (C=O) groups excluding carboxylic acids is 2. The molecule has 0 heterocycles. The minimum Gasteiger partial charge on any atom is -0.289 e. The van der Waals surface area contributed by atoms with Gasteiger partial charge in [-0.3, -0.25) is 9.59 Å². The molecule has 194 valence electrons. The first kappa shape index (κ1) is 25.6. The Morgan fingerprint density at radius 3 is 1.11 bits per heavy atom. The van der Waals surface area contributed by atoms with Crippen molar-refractivity contribution in [3.63, 3.8) is 0 Å². The molecule has 2 saturated carbocycles. The number of allylic oxidation sites excluding steroid dienone is 2. The largest absolute Gasteiger partial charge is 0.289 e. The quantitative estimate of drug-likeness (QED) is 0.328. The Hall–Kier alpha value is -2.68. The zero-order valence-corrected chi connectivity index (χ0v) is 23.0. The molecule has 0 radical (unpaired) electrons. The molecule has 0 spiro atoms. The van der Waals surface area contributed by atoms with E-state index in [4.69, 9.17) is 23.2 Å². The van der Waals surface area contributed by atoms with Crippen LogP contribution in [0.25, 0.3) is 0 Å². The minimum absolute atomic E-state index is 0.0879. The molecular formula is C34H32Cl2O2. The first-order valence-electron chi connectivity index (χ1n) is 13.9. The highest BCUT2D eigenvalue weighted by molar-refractivity contribution is 6.31. The van der Waals surface area contributed by atoms with Crippen molar-refractivity contribution in [3.05, 3.63) is 116 Å². The lowest BCUT2D eigenvalue weighted by atomic mass is 9.66. The zero-order chi connectivity index (χ0) is 26.2. The van der Waals surface area contributed by atoms with E-state index in [2.05, 4.69) is 24.3 Å². The number of ketones is 2. The molecule has 3 aliphatic rings. The van der Waals surface area contributed by atoms with E-state index in [1.165, 1.54) is 11.1 Å². The second-order valence-corrected chi connectivity index (χ2v) is 12.1. The molecule has 0 saturated heterocycles. The molecule has 0 aliphatic heterocycles. The maximum atomic E-state index is 14.0. The van der Waals surface area contributed by atoms with Gasteiger partial charge in [-0.25, -0.2) is 0 Å². The molecule has 3 aromatic rings. The van der Waals surface area contributed by atoms with Gasteiger partial charge in [0.2, 0.25) is 0 Å². The Morgan fingerprint density at radius 1 is 0.447 bits per heavy atom.